The second-order valence-electron chi connectivity index (χ2n) is 7.18. The molecule has 1 unspecified atom stereocenters. The van der Waals surface area contributed by atoms with Crippen LogP contribution in [0.3, 0.4) is 0 Å². The van der Waals surface area contributed by atoms with E-state index in [0.717, 1.165) is 24.0 Å². The van der Waals surface area contributed by atoms with Gasteiger partial charge in [-0.05, 0) is 26.7 Å². The highest BCUT2D eigenvalue weighted by molar-refractivity contribution is 7.54. The molecule has 32 heavy (non-hydrogen) atoms. The van der Waals surface area contributed by atoms with Crippen LogP contribution >= 0.6 is 7.60 Å². The molecule has 7 heteroatoms. The highest BCUT2D eigenvalue weighted by atomic mass is 31.2. The summed E-state index contributed by atoms with van der Waals surface area (Å²) in [5.74, 6) is -1.17. The third kappa shape index (κ3) is 8.01. The van der Waals surface area contributed by atoms with Crippen LogP contribution < -0.4 is 0 Å². The van der Waals surface area contributed by atoms with Crippen LogP contribution in [-0.4, -0.2) is 37.3 Å². The SMILES string of the molecule is CCCCOC(=O)CCC(N=C(c1ccccc1)c1ccccc1)P(=O)(OCC)OCC. The van der Waals surface area contributed by atoms with E-state index in [4.69, 9.17) is 18.8 Å². The summed E-state index contributed by atoms with van der Waals surface area (Å²) in [5.41, 5.74) is 2.44. The molecule has 2 rings (SSSR count). The van der Waals surface area contributed by atoms with Gasteiger partial charge in [0, 0.05) is 17.5 Å². The molecule has 0 aliphatic carbocycles. The Balaban J connectivity index is 2.43. The number of hydrogen-bond acceptors (Lipinski definition) is 6. The predicted molar refractivity (Wildman–Crippen MR) is 128 cm³/mol. The molecule has 0 heterocycles. The number of hydrogen-bond donors (Lipinski definition) is 0. The van der Waals surface area contributed by atoms with E-state index in [1.807, 2.05) is 67.6 Å². The Bertz CT molecular complexity index is 834. The quantitative estimate of drug-likeness (QED) is 0.145. The molecule has 0 aliphatic heterocycles. The van der Waals surface area contributed by atoms with Gasteiger partial charge < -0.3 is 13.8 Å². The maximum atomic E-state index is 13.7. The number of benzene rings is 2. The number of rotatable bonds is 14. The van der Waals surface area contributed by atoms with Crippen molar-refractivity contribution in [1.82, 2.24) is 0 Å². The molecule has 0 aromatic heterocycles. The molecule has 0 spiro atoms. The maximum Gasteiger partial charge on any atom is 0.354 e. The first-order chi connectivity index (χ1) is 15.5. The van der Waals surface area contributed by atoms with Gasteiger partial charge in [-0.2, -0.15) is 0 Å². The minimum atomic E-state index is -3.61. The third-order valence-electron chi connectivity index (χ3n) is 4.72. The highest BCUT2D eigenvalue weighted by Gasteiger charge is 2.36. The maximum absolute atomic E-state index is 13.7. The summed E-state index contributed by atoms with van der Waals surface area (Å²) in [6.07, 6.45) is 2.04. The molecule has 6 nitrogen and oxygen atoms in total. The lowest BCUT2D eigenvalue weighted by Crippen LogP contribution is -2.18. The van der Waals surface area contributed by atoms with Gasteiger partial charge in [-0.3, -0.25) is 14.4 Å². The molecule has 0 bridgehead atoms. The second-order valence-corrected chi connectivity index (χ2v) is 9.37. The lowest BCUT2D eigenvalue weighted by molar-refractivity contribution is -0.143. The summed E-state index contributed by atoms with van der Waals surface area (Å²) < 4.78 is 30.2. The zero-order valence-corrected chi connectivity index (χ0v) is 20.1. The van der Waals surface area contributed by atoms with E-state index in [1.165, 1.54) is 0 Å². The summed E-state index contributed by atoms with van der Waals surface area (Å²) >= 11 is 0. The molecule has 0 saturated heterocycles. The average Bonchev–Trinajstić information content (AvgIpc) is 2.81. The van der Waals surface area contributed by atoms with Crippen LogP contribution in [0.25, 0.3) is 0 Å². The topological polar surface area (TPSA) is 74.2 Å². The molecule has 0 amide bonds. The standard InChI is InChI=1S/C25H34NO5P/c1-4-7-20-29-24(27)19-18-23(32(28,30-5-2)31-6-3)26-25(21-14-10-8-11-15-21)22-16-12-9-13-17-22/h8-17,23H,4-7,18-20H2,1-3H3. The number of carbonyl (C=O) groups is 1. The molecule has 2 aromatic carbocycles. The Kier molecular flexibility index (Phi) is 11.4. The third-order valence-corrected chi connectivity index (χ3v) is 7.06. The lowest BCUT2D eigenvalue weighted by Gasteiger charge is -2.24. The largest absolute Gasteiger partial charge is 0.466 e. The van der Waals surface area contributed by atoms with Crippen molar-refractivity contribution >= 4 is 19.3 Å². The van der Waals surface area contributed by atoms with Crippen LogP contribution in [0, 0.1) is 0 Å². The summed E-state index contributed by atoms with van der Waals surface area (Å²) in [6, 6.07) is 19.4. The average molecular weight is 460 g/mol. The second kappa shape index (κ2) is 14.0. The van der Waals surface area contributed by atoms with Gasteiger partial charge in [0.25, 0.3) is 0 Å². The van der Waals surface area contributed by atoms with Gasteiger partial charge >= 0.3 is 13.6 Å². The van der Waals surface area contributed by atoms with Gasteiger partial charge in [0.1, 0.15) is 0 Å². The zero-order valence-electron chi connectivity index (χ0n) is 19.2. The lowest BCUT2D eigenvalue weighted by atomic mass is 10.0. The molecule has 0 saturated carbocycles. The van der Waals surface area contributed by atoms with E-state index < -0.39 is 13.4 Å². The van der Waals surface area contributed by atoms with Crippen LogP contribution in [0.15, 0.2) is 65.7 Å². The van der Waals surface area contributed by atoms with Crippen LogP contribution in [0.5, 0.6) is 0 Å². The Morgan fingerprint density at radius 2 is 1.44 bits per heavy atom. The van der Waals surface area contributed by atoms with Crippen LogP contribution in [-0.2, 0) is 23.1 Å². The smallest absolute Gasteiger partial charge is 0.354 e. The normalized spacial score (nSPS) is 12.2. The van der Waals surface area contributed by atoms with Crippen molar-refractivity contribution in [2.75, 3.05) is 19.8 Å². The monoisotopic (exact) mass is 459 g/mol. The number of esters is 1. The van der Waals surface area contributed by atoms with E-state index in [2.05, 4.69) is 0 Å². The van der Waals surface area contributed by atoms with Gasteiger partial charge in [0.05, 0.1) is 25.5 Å². The van der Waals surface area contributed by atoms with Gasteiger partial charge in [0.2, 0.25) is 0 Å². The fourth-order valence-electron chi connectivity index (χ4n) is 3.17. The number of unbranched alkanes of at least 4 members (excludes halogenated alkanes) is 1. The van der Waals surface area contributed by atoms with E-state index in [1.54, 1.807) is 13.8 Å². The van der Waals surface area contributed by atoms with Gasteiger partial charge in [0.15, 0.2) is 5.78 Å². The molecular formula is C25H34NO5P. The summed E-state index contributed by atoms with van der Waals surface area (Å²) in [4.78, 5) is 17.1. The molecule has 174 valence electrons. The zero-order chi connectivity index (χ0) is 23.2. The van der Waals surface area contributed by atoms with E-state index >= 15 is 0 Å². The van der Waals surface area contributed by atoms with E-state index in [0.29, 0.717) is 12.3 Å². The Morgan fingerprint density at radius 3 is 1.91 bits per heavy atom. The Morgan fingerprint density at radius 1 is 0.906 bits per heavy atom. The first-order valence-corrected chi connectivity index (χ1v) is 12.9. The summed E-state index contributed by atoms with van der Waals surface area (Å²) in [5, 5.41) is 0. The van der Waals surface area contributed by atoms with Crippen molar-refractivity contribution in [3.8, 4) is 0 Å². The molecule has 1 atom stereocenters. The number of aliphatic imine (C=N–C) groups is 1. The Labute approximate surface area is 191 Å². The highest BCUT2D eigenvalue weighted by Crippen LogP contribution is 2.55. The summed E-state index contributed by atoms with van der Waals surface area (Å²) in [7, 11) is -3.61. The number of nitrogens with zero attached hydrogens (tertiary/aromatic N) is 1. The predicted octanol–water partition coefficient (Wildman–Crippen LogP) is 6.24. The van der Waals surface area contributed by atoms with Crippen molar-refractivity contribution in [2.45, 2.75) is 52.2 Å². The van der Waals surface area contributed by atoms with Crippen LogP contribution in [0.1, 0.15) is 57.6 Å². The number of ether oxygens (including phenoxy) is 1. The van der Waals surface area contributed by atoms with Crippen molar-refractivity contribution in [3.05, 3.63) is 71.8 Å². The Hall–Kier alpha value is -2.27. The minimum Gasteiger partial charge on any atom is -0.466 e. The fourth-order valence-corrected chi connectivity index (χ4v) is 5.01. The molecule has 2 aromatic rings. The first-order valence-electron chi connectivity index (χ1n) is 11.3. The minimum absolute atomic E-state index is 0.0822. The van der Waals surface area contributed by atoms with Gasteiger partial charge in [-0.1, -0.05) is 74.0 Å². The van der Waals surface area contributed by atoms with Crippen molar-refractivity contribution in [3.63, 3.8) is 0 Å². The van der Waals surface area contributed by atoms with Crippen molar-refractivity contribution < 1.29 is 23.1 Å². The molecule has 0 aliphatic rings. The van der Waals surface area contributed by atoms with Crippen molar-refractivity contribution in [1.29, 1.82) is 0 Å². The summed E-state index contributed by atoms with van der Waals surface area (Å²) in [6.45, 7) is 6.39. The van der Waals surface area contributed by atoms with E-state index in [-0.39, 0.29) is 32.0 Å². The van der Waals surface area contributed by atoms with Crippen molar-refractivity contribution in [2.24, 2.45) is 4.99 Å². The van der Waals surface area contributed by atoms with Gasteiger partial charge in [-0.25, -0.2) is 0 Å². The van der Waals surface area contributed by atoms with Gasteiger partial charge in [-0.15, -0.1) is 0 Å². The number of carbonyl (C=O) groups excluding carboxylic acids is 1. The fraction of sp³-hybridized carbons (Fsp3) is 0.440. The molecule has 0 N–H and O–H groups in total. The van der Waals surface area contributed by atoms with Crippen LogP contribution in [0.2, 0.25) is 0 Å². The molecule has 0 radical (unpaired) electrons. The first kappa shape index (κ1) is 26.0. The molecular weight excluding hydrogens is 425 g/mol. The van der Waals surface area contributed by atoms with E-state index in [9.17, 15) is 9.36 Å². The van der Waals surface area contributed by atoms with Crippen LogP contribution in [0.4, 0.5) is 0 Å². The molecule has 0 fully saturated rings.